The Kier molecular flexibility index (Phi) is 5.60. The van der Waals surface area contributed by atoms with Gasteiger partial charge in [0.05, 0.1) is 24.4 Å². The van der Waals surface area contributed by atoms with Crippen LogP contribution in [0.15, 0.2) is 48.9 Å². The lowest BCUT2D eigenvalue weighted by Crippen LogP contribution is -2.25. The number of amides is 1. The number of nitrogens with zero attached hydrogens (tertiary/aromatic N) is 5. The summed E-state index contributed by atoms with van der Waals surface area (Å²) in [6.07, 6.45) is 8.93. The second-order valence-electron chi connectivity index (χ2n) is 8.28. The van der Waals surface area contributed by atoms with Crippen LogP contribution in [0.5, 0.6) is 5.75 Å². The molecule has 168 valence electrons. The maximum absolute atomic E-state index is 13.0. The van der Waals surface area contributed by atoms with Crippen LogP contribution in [-0.2, 0) is 6.54 Å². The van der Waals surface area contributed by atoms with Crippen molar-refractivity contribution in [3.05, 3.63) is 65.9 Å². The molecule has 0 bridgehead atoms. The van der Waals surface area contributed by atoms with Crippen LogP contribution in [0.1, 0.15) is 41.0 Å². The number of hydrogen-bond donors (Lipinski definition) is 2. The van der Waals surface area contributed by atoms with Crippen LogP contribution in [-0.4, -0.2) is 37.1 Å². The van der Waals surface area contributed by atoms with Gasteiger partial charge in [-0.1, -0.05) is 6.42 Å². The van der Waals surface area contributed by atoms with Gasteiger partial charge in [-0.25, -0.2) is 4.52 Å². The molecule has 4 heterocycles. The molecule has 5 rings (SSSR count). The fourth-order valence-electron chi connectivity index (χ4n) is 3.81. The minimum atomic E-state index is -0.217. The topological polar surface area (TPSA) is 120 Å². The average Bonchev–Trinajstić information content (AvgIpc) is 3.16. The first-order valence-electron chi connectivity index (χ1n) is 11.0. The highest BCUT2D eigenvalue weighted by atomic mass is 16.5. The van der Waals surface area contributed by atoms with Gasteiger partial charge in [-0.3, -0.25) is 14.8 Å². The van der Waals surface area contributed by atoms with Crippen molar-refractivity contribution in [3.63, 3.8) is 0 Å². The number of nitrogens with two attached hydrogens (primary N) is 1. The van der Waals surface area contributed by atoms with E-state index in [1.807, 2.05) is 37.3 Å². The molecular weight excluding hydrogens is 418 g/mol. The monoisotopic (exact) mass is 443 g/mol. The van der Waals surface area contributed by atoms with Gasteiger partial charge in [0.2, 0.25) is 5.95 Å². The summed E-state index contributed by atoms with van der Waals surface area (Å²) in [6, 6.07) is 9.31. The third-order valence-corrected chi connectivity index (χ3v) is 5.98. The number of nitrogen functional groups attached to an aromatic ring is 1. The number of carbonyl (C=O) groups is 1. The van der Waals surface area contributed by atoms with Crippen LogP contribution in [0.2, 0.25) is 0 Å². The number of pyridine rings is 3. The molecule has 0 aromatic carbocycles. The maximum Gasteiger partial charge on any atom is 0.253 e. The number of fused-ring (bicyclic) bond motifs is 1. The number of rotatable bonds is 7. The van der Waals surface area contributed by atoms with E-state index in [2.05, 4.69) is 25.4 Å². The van der Waals surface area contributed by atoms with Crippen molar-refractivity contribution in [2.75, 3.05) is 12.3 Å². The third kappa shape index (κ3) is 4.48. The zero-order valence-electron chi connectivity index (χ0n) is 18.4. The SMILES string of the molecule is Cc1ncc(-c2ccn3nc(N)nc3c2)cc1C(=O)NCc1ncccc1OCC1CCC1. The molecule has 1 fully saturated rings. The summed E-state index contributed by atoms with van der Waals surface area (Å²) in [6.45, 7) is 2.78. The van der Waals surface area contributed by atoms with Crippen LogP contribution in [0.25, 0.3) is 16.8 Å². The van der Waals surface area contributed by atoms with Gasteiger partial charge in [0, 0.05) is 24.2 Å². The minimum Gasteiger partial charge on any atom is -0.491 e. The van der Waals surface area contributed by atoms with Crippen molar-refractivity contribution in [2.45, 2.75) is 32.7 Å². The Balaban J connectivity index is 1.31. The summed E-state index contributed by atoms with van der Waals surface area (Å²) in [5.41, 5.74) is 9.83. The molecule has 4 aromatic rings. The van der Waals surface area contributed by atoms with Crippen LogP contribution in [0, 0.1) is 12.8 Å². The molecule has 3 N–H and O–H groups in total. The molecule has 1 saturated carbocycles. The molecule has 33 heavy (non-hydrogen) atoms. The molecule has 0 saturated heterocycles. The van der Waals surface area contributed by atoms with Gasteiger partial charge < -0.3 is 15.8 Å². The predicted molar refractivity (Wildman–Crippen MR) is 124 cm³/mol. The summed E-state index contributed by atoms with van der Waals surface area (Å²) < 4.78 is 7.57. The molecule has 0 unspecified atom stereocenters. The second kappa shape index (κ2) is 8.85. The van der Waals surface area contributed by atoms with Crippen molar-refractivity contribution in [1.29, 1.82) is 0 Å². The molecule has 1 aliphatic rings. The summed E-state index contributed by atoms with van der Waals surface area (Å²) in [4.78, 5) is 26.0. The summed E-state index contributed by atoms with van der Waals surface area (Å²) in [5, 5.41) is 7.05. The first kappa shape index (κ1) is 20.9. The zero-order valence-corrected chi connectivity index (χ0v) is 18.4. The number of nitrogens with one attached hydrogen (secondary N) is 1. The fourth-order valence-corrected chi connectivity index (χ4v) is 3.81. The van der Waals surface area contributed by atoms with Gasteiger partial charge in [-0.15, -0.1) is 5.10 Å². The van der Waals surface area contributed by atoms with E-state index in [-0.39, 0.29) is 18.4 Å². The lowest BCUT2D eigenvalue weighted by atomic mass is 9.86. The fraction of sp³-hybridized carbons (Fsp3) is 0.292. The molecule has 9 nitrogen and oxygen atoms in total. The number of aryl methyl sites for hydroxylation is 1. The smallest absolute Gasteiger partial charge is 0.253 e. The van der Waals surface area contributed by atoms with E-state index >= 15 is 0 Å². The first-order valence-corrected chi connectivity index (χ1v) is 11.0. The predicted octanol–water partition coefficient (Wildman–Crippen LogP) is 3.19. The van der Waals surface area contributed by atoms with Crippen molar-refractivity contribution in [2.24, 2.45) is 5.92 Å². The standard InChI is InChI=1S/C24H25N7O2/c1-15-19(10-18(12-27-15)17-7-9-31-22(11-17)29-24(25)30-31)23(32)28-13-20-21(6-3-8-26-20)33-14-16-4-2-5-16/h3,6-12,16H,2,4-5,13-14H2,1H3,(H2,25,30)(H,28,32). The maximum atomic E-state index is 13.0. The Bertz CT molecular complexity index is 1310. The molecule has 0 aliphatic heterocycles. The van der Waals surface area contributed by atoms with Gasteiger partial charge in [-0.2, -0.15) is 4.98 Å². The lowest BCUT2D eigenvalue weighted by Gasteiger charge is -2.25. The second-order valence-corrected chi connectivity index (χ2v) is 8.28. The molecule has 0 atom stereocenters. The Hall–Kier alpha value is -4.01. The van der Waals surface area contributed by atoms with Gasteiger partial charge in [0.15, 0.2) is 5.65 Å². The largest absolute Gasteiger partial charge is 0.491 e. The van der Waals surface area contributed by atoms with E-state index in [0.717, 1.165) is 11.1 Å². The van der Waals surface area contributed by atoms with Gasteiger partial charge in [0.1, 0.15) is 11.4 Å². The van der Waals surface area contributed by atoms with E-state index < -0.39 is 0 Å². The van der Waals surface area contributed by atoms with Crippen LogP contribution >= 0.6 is 0 Å². The van der Waals surface area contributed by atoms with E-state index in [1.165, 1.54) is 19.3 Å². The van der Waals surface area contributed by atoms with Gasteiger partial charge in [-0.05, 0) is 61.6 Å². The minimum absolute atomic E-state index is 0.208. The van der Waals surface area contributed by atoms with Crippen molar-refractivity contribution >= 4 is 17.5 Å². The van der Waals surface area contributed by atoms with Crippen LogP contribution in [0.4, 0.5) is 5.95 Å². The Labute approximate surface area is 191 Å². The van der Waals surface area contributed by atoms with E-state index in [9.17, 15) is 4.79 Å². The molecule has 1 amide bonds. The Morgan fingerprint density at radius 3 is 2.94 bits per heavy atom. The highest BCUT2D eigenvalue weighted by molar-refractivity contribution is 5.96. The first-order chi connectivity index (χ1) is 16.1. The van der Waals surface area contributed by atoms with E-state index in [0.29, 0.717) is 40.9 Å². The molecule has 4 aromatic heterocycles. The lowest BCUT2D eigenvalue weighted by molar-refractivity contribution is 0.0948. The third-order valence-electron chi connectivity index (χ3n) is 5.98. The molecule has 1 aliphatic carbocycles. The quantitative estimate of drug-likeness (QED) is 0.450. The Morgan fingerprint density at radius 1 is 1.24 bits per heavy atom. The summed E-state index contributed by atoms with van der Waals surface area (Å²) >= 11 is 0. The Morgan fingerprint density at radius 2 is 2.12 bits per heavy atom. The van der Waals surface area contributed by atoms with Crippen molar-refractivity contribution in [3.8, 4) is 16.9 Å². The van der Waals surface area contributed by atoms with E-state index in [4.69, 9.17) is 10.5 Å². The normalized spacial score (nSPS) is 13.6. The van der Waals surface area contributed by atoms with Crippen molar-refractivity contribution < 1.29 is 9.53 Å². The van der Waals surface area contributed by atoms with Crippen molar-refractivity contribution in [1.82, 2.24) is 29.9 Å². The molecule has 0 radical (unpaired) electrons. The van der Waals surface area contributed by atoms with Gasteiger partial charge in [0.25, 0.3) is 5.91 Å². The summed E-state index contributed by atoms with van der Waals surface area (Å²) in [5.74, 6) is 1.33. The average molecular weight is 444 g/mol. The van der Waals surface area contributed by atoms with Gasteiger partial charge >= 0.3 is 0 Å². The van der Waals surface area contributed by atoms with E-state index in [1.54, 1.807) is 23.1 Å². The van der Waals surface area contributed by atoms with Crippen LogP contribution in [0.3, 0.4) is 0 Å². The molecular formula is C24H25N7O2. The number of aromatic nitrogens is 5. The number of ether oxygens (including phenoxy) is 1. The summed E-state index contributed by atoms with van der Waals surface area (Å²) in [7, 11) is 0. The number of carbonyl (C=O) groups excluding carboxylic acids is 1. The number of hydrogen-bond acceptors (Lipinski definition) is 7. The number of anilines is 1. The highest BCUT2D eigenvalue weighted by Gasteiger charge is 2.19. The van der Waals surface area contributed by atoms with Crippen LogP contribution < -0.4 is 15.8 Å². The zero-order chi connectivity index (χ0) is 22.8. The molecule has 9 heteroatoms. The molecule has 0 spiro atoms. The highest BCUT2D eigenvalue weighted by Crippen LogP contribution is 2.28.